The maximum Gasteiger partial charge on any atom is 0.246 e. The van der Waals surface area contributed by atoms with Gasteiger partial charge in [-0.2, -0.15) is 0 Å². The molecule has 0 aliphatic carbocycles. The fourth-order valence-electron chi connectivity index (χ4n) is 1.41. The molecule has 0 aromatic heterocycles. The molecule has 0 spiro atoms. The van der Waals surface area contributed by atoms with Gasteiger partial charge in [-0.05, 0) is 25.7 Å². The van der Waals surface area contributed by atoms with Crippen molar-refractivity contribution in [2.75, 3.05) is 13.2 Å². The lowest BCUT2D eigenvalue weighted by Gasteiger charge is -2.14. The molecule has 0 aliphatic heterocycles. The number of nitrogens with one attached hydrogen (secondary N) is 1. The Kier molecular flexibility index (Phi) is 8.01. The molecule has 0 saturated heterocycles. The van der Waals surface area contributed by atoms with E-state index in [4.69, 9.17) is 5.11 Å². The largest absolute Gasteiger partial charge is 0.396 e. The van der Waals surface area contributed by atoms with E-state index in [0.717, 1.165) is 24.8 Å². The highest BCUT2D eigenvalue weighted by Crippen LogP contribution is 2.06. The lowest BCUT2D eigenvalue weighted by atomic mass is 10.0. The van der Waals surface area contributed by atoms with Crippen LogP contribution in [0.1, 0.15) is 40.0 Å². The van der Waals surface area contributed by atoms with Crippen LogP contribution in [0.25, 0.3) is 0 Å². The third kappa shape index (κ3) is 6.28. The van der Waals surface area contributed by atoms with Crippen LogP contribution in [0.15, 0.2) is 11.6 Å². The van der Waals surface area contributed by atoms with Gasteiger partial charge in [-0.1, -0.05) is 26.3 Å². The van der Waals surface area contributed by atoms with E-state index in [1.165, 1.54) is 0 Å². The second-order valence-electron chi connectivity index (χ2n) is 3.79. The molecule has 2 N–H and O–H groups in total. The van der Waals surface area contributed by atoms with Crippen LogP contribution in [0, 0.1) is 5.92 Å². The minimum absolute atomic E-state index is 0.00763. The molecule has 0 aromatic carbocycles. The number of allylic oxidation sites excluding steroid dienone is 1. The van der Waals surface area contributed by atoms with Gasteiger partial charge in [0.25, 0.3) is 0 Å². The minimum atomic E-state index is 0.00763. The molecule has 1 amide bonds. The van der Waals surface area contributed by atoms with Crippen LogP contribution >= 0.6 is 0 Å². The molecule has 0 bridgehead atoms. The first kappa shape index (κ1) is 14.2. The van der Waals surface area contributed by atoms with Gasteiger partial charge in [0.15, 0.2) is 0 Å². The first-order chi connectivity index (χ1) is 7.15. The van der Waals surface area contributed by atoms with Crippen molar-refractivity contribution in [3.05, 3.63) is 11.6 Å². The van der Waals surface area contributed by atoms with Gasteiger partial charge in [0.2, 0.25) is 5.91 Å². The first-order valence-corrected chi connectivity index (χ1v) is 5.71. The van der Waals surface area contributed by atoms with Crippen molar-refractivity contribution in [1.29, 1.82) is 0 Å². The molecule has 0 saturated carbocycles. The Labute approximate surface area is 92.6 Å². The smallest absolute Gasteiger partial charge is 0.246 e. The van der Waals surface area contributed by atoms with Crippen LogP contribution in [0.4, 0.5) is 0 Å². The average molecular weight is 213 g/mol. The molecule has 0 heterocycles. The number of aliphatic hydroxyl groups is 1. The summed E-state index contributed by atoms with van der Waals surface area (Å²) in [5.74, 6) is 0.390. The highest BCUT2D eigenvalue weighted by atomic mass is 16.3. The summed E-state index contributed by atoms with van der Waals surface area (Å²) < 4.78 is 0. The fourth-order valence-corrected chi connectivity index (χ4v) is 1.41. The summed E-state index contributed by atoms with van der Waals surface area (Å²) >= 11 is 0. The van der Waals surface area contributed by atoms with Crippen LogP contribution in [-0.2, 0) is 4.79 Å². The Morgan fingerprint density at radius 1 is 1.47 bits per heavy atom. The van der Waals surface area contributed by atoms with E-state index < -0.39 is 0 Å². The molecule has 3 heteroatoms. The van der Waals surface area contributed by atoms with E-state index >= 15 is 0 Å². The number of amides is 1. The summed E-state index contributed by atoms with van der Waals surface area (Å²) in [4.78, 5) is 11.5. The van der Waals surface area contributed by atoms with Crippen molar-refractivity contribution < 1.29 is 9.90 Å². The maximum atomic E-state index is 11.5. The van der Waals surface area contributed by atoms with Crippen LogP contribution in [0.5, 0.6) is 0 Å². The summed E-state index contributed by atoms with van der Waals surface area (Å²) in [6.45, 7) is 6.76. The molecule has 0 aromatic rings. The van der Waals surface area contributed by atoms with E-state index in [1.807, 2.05) is 19.9 Å². The van der Waals surface area contributed by atoms with Crippen molar-refractivity contribution in [2.24, 2.45) is 5.92 Å². The predicted octanol–water partition coefficient (Wildman–Crippen LogP) is 1.87. The van der Waals surface area contributed by atoms with Crippen LogP contribution in [-0.4, -0.2) is 24.2 Å². The van der Waals surface area contributed by atoms with Crippen molar-refractivity contribution in [2.45, 2.75) is 40.0 Å². The molecule has 3 nitrogen and oxygen atoms in total. The van der Waals surface area contributed by atoms with Crippen molar-refractivity contribution >= 4 is 5.91 Å². The zero-order chi connectivity index (χ0) is 11.7. The summed E-state index contributed by atoms with van der Waals surface area (Å²) in [5, 5.41) is 11.7. The van der Waals surface area contributed by atoms with Crippen LogP contribution < -0.4 is 5.32 Å². The van der Waals surface area contributed by atoms with E-state index in [0.29, 0.717) is 12.5 Å². The average Bonchev–Trinajstić information content (AvgIpc) is 2.24. The summed E-state index contributed by atoms with van der Waals surface area (Å²) in [6, 6.07) is 0. The standard InChI is InChI=1S/C12H23NO2/c1-4-6-10(3)12(15)13-9-11(5-2)7-8-14/h6,11,14H,4-5,7-9H2,1-3H3,(H,13,15). The Morgan fingerprint density at radius 2 is 2.13 bits per heavy atom. The second-order valence-corrected chi connectivity index (χ2v) is 3.79. The molecule has 0 rings (SSSR count). The number of rotatable bonds is 7. The van der Waals surface area contributed by atoms with Gasteiger partial charge in [-0.15, -0.1) is 0 Å². The van der Waals surface area contributed by atoms with Gasteiger partial charge in [0, 0.05) is 18.7 Å². The van der Waals surface area contributed by atoms with E-state index in [1.54, 1.807) is 0 Å². The van der Waals surface area contributed by atoms with Crippen molar-refractivity contribution in [3.63, 3.8) is 0 Å². The zero-order valence-corrected chi connectivity index (χ0v) is 10.0. The Morgan fingerprint density at radius 3 is 2.60 bits per heavy atom. The molecular weight excluding hydrogens is 190 g/mol. The van der Waals surface area contributed by atoms with Crippen LogP contribution in [0.3, 0.4) is 0 Å². The molecule has 0 radical (unpaired) electrons. The van der Waals surface area contributed by atoms with Crippen molar-refractivity contribution in [3.8, 4) is 0 Å². The highest BCUT2D eigenvalue weighted by molar-refractivity contribution is 5.92. The Balaban J connectivity index is 3.92. The highest BCUT2D eigenvalue weighted by Gasteiger charge is 2.08. The lowest BCUT2D eigenvalue weighted by molar-refractivity contribution is -0.117. The summed E-state index contributed by atoms with van der Waals surface area (Å²) in [7, 11) is 0. The van der Waals surface area contributed by atoms with Gasteiger partial charge in [-0.25, -0.2) is 0 Å². The molecule has 1 unspecified atom stereocenters. The third-order valence-electron chi connectivity index (χ3n) is 2.53. The molecule has 88 valence electrons. The van der Waals surface area contributed by atoms with E-state index in [9.17, 15) is 4.79 Å². The van der Waals surface area contributed by atoms with E-state index in [2.05, 4.69) is 12.2 Å². The lowest BCUT2D eigenvalue weighted by Crippen LogP contribution is -2.30. The Hall–Kier alpha value is -0.830. The second kappa shape index (κ2) is 8.48. The third-order valence-corrected chi connectivity index (χ3v) is 2.53. The SMILES string of the molecule is CCC=C(C)C(=O)NCC(CC)CCO. The maximum absolute atomic E-state index is 11.5. The van der Waals surface area contributed by atoms with Gasteiger partial charge >= 0.3 is 0 Å². The topological polar surface area (TPSA) is 49.3 Å². The molecule has 0 fully saturated rings. The number of hydrogen-bond donors (Lipinski definition) is 2. The molecule has 15 heavy (non-hydrogen) atoms. The Bertz CT molecular complexity index is 212. The quantitative estimate of drug-likeness (QED) is 0.634. The molecule has 0 aliphatic rings. The van der Waals surface area contributed by atoms with Gasteiger partial charge in [0.05, 0.1) is 0 Å². The molecular formula is C12H23NO2. The fraction of sp³-hybridized carbons (Fsp3) is 0.750. The number of carbonyl (C=O) groups is 1. The minimum Gasteiger partial charge on any atom is -0.396 e. The number of aliphatic hydroxyl groups excluding tert-OH is 1. The predicted molar refractivity (Wildman–Crippen MR) is 62.5 cm³/mol. The van der Waals surface area contributed by atoms with Crippen molar-refractivity contribution in [1.82, 2.24) is 5.32 Å². The summed E-state index contributed by atoms with van der Waals surface area (Å²) in [5.41, 5.74) is 0.774. The number of hydrogen-bond acceptors (Lipinski definition) is 2. The molecule has 1 atom stereocenters. The first-order valence-electron chi connectivity index (χ1n) is 5.71. The summed E-state index contributed by atoms with van der Waals surface area (Å²) in [6.07, 6.45) is 4.54. The van der Waals surface area contributed by atoms with Crippen LogP contribution in [0.2, 0.25) is 0 Å². The van der Waals surface area contributed by atoms with Gasteiger partial charge in [-0.3, -0.25) is 4.79 Å². The van der Waals surface area contributed by atoms with E-state index in [-0.39, 0.29) is 12.5 Å². The monoisotopic (exact) mass is 213 g/mol. The number of carbonyl (C=O) groups excluding carboxylic acids is 1. The zero-order valence-electron chi connectivity index (χ0n) is 10.0. The van der Waals surface area contributed by atoms with Gasteiger partial charge in [0.1, 0.15) is 0 Å². The normalized spacial score (nSPS) is 13.7. The van der Waals surface area contributed by atoms with Gasteiger partial charge < -0.3 is 10.4 Å².